The van der Waals surface area contributed by atoms with Gasteiger partial charge in [-0.25, -0.2) is 13.1 Å². The first kappa shape index (κ1) is 18.3. The Balaban J connectivity index is 1.57. The number of carbonyl (C=O) groups is 2. The maximum absolute atomic E-state index is 12.6. The van der Waals surface area contributed by atoms with E-state index in [2.05, 4.69) is 4.72 Å². The van der Waals surface area contributed by atoms with E-state index in [1.54, 1.807) is 16.3 Å². The van der Waals surface area contributed by atoms with Crippen molar-refractivity contribution in [2.24, 2.45) is 5.41 Å². The average molecular weight is 386 g/mol. The van der Waals surface area contributed by atoms with E-state index >= 15 is 0 Å². The first-order valence-electron chi connectivity index (χ1n) is 8.48. The summed E-state index contributed by atoms with van der Waals surface area (Å²) in [6, 6.07) is 3.15. The van der Waals surface area contributed by atoms with Crippen LogP contribution in [0.4, 0.5) is 0 Å². The van der Waals surface area contributed by atoms with Gasteiger partial charge < -0.3 is 9.80 Å². The van der Waals surface area contributed by atoms with Gasteiger partial charge in [-0.2, -0.15) is 0 Å². The number of nitrogens with zero attached hydrogens (tertiary/aromatic N) is 2. The van der Waals surface area contributed by atoms with Gasteiger partial charge in [-0.3, -0.25) is 9.59 Å². The number of sulfonamides is 1. The van der Waals surface area contributed by atoms with Gasteiger partial charge in [0.1, 0.15) is 4.21 Å². The van der Waals surface area contributed by atoms with E-state index in [-0.39, 0.29) is 22.6 Å². The van der Waals surface area contributed by atoms with Crippen LogP contribution < -0.4 is 4.72 Å². The van der Waals surface area contributed by atoms with Gasteiger partial charge in [0.05, 0.1) is 12.0 Å². The number of hydrogen-bond donors (Lipinski definition) is 1. The fraction of sp³-hybridized carbons (Fsp3) is 0.625. The highest BCUT2D eigenvalue weighted by Gasteiger charge is 2.51. The molecule has 9 heteroatoms. The predicted molar refractivity (Wildman–Crippen MR) is 94.6 cm³/mol. The summed E-state index contributed by atoms with van der Waals surface area (Å²) in [5.74, 6) is -0.137. The molecular formula is C16H23N3O4S2. The third-order valence-electron chi connectivity index (χ3n) is 4.97. The maximum Gasteiger partial charge on any atom is 0.250 e. The molecule has 2 aliphatic rings. The van der Waals surface area contributed by atoms with Crippen molar-refractivity contribution < 1.29 is 18.0 Å². The van der Waals surface area contributed by atoms with Crippen molar-refractivity contribution in [3.8, 4) is 0 Å². The minimum atomic E-state index is -3.65. The highest BCUT2D eigenvalue weighted by Crippen LogP contribution is 2.40. The Bertz CT molecular complexity index is 747. The van der Waals surface area contributed by atoms with Gasteiger partial charge in [0.2, 0.25) is 11.8 Å². The molecular weight excluding hydrogens is 362 g/mol. The van der Waals surface area contributed by atoms with Crippen LogP contribution >= 0.6 is 11.3 Å². The Morgan fingerprint density at radius 1 is 1.36 bits per heavy atom. The Labute approximate surface area is 152 Å². The molecule has 25 heavy (non-hydrogen) atoms. The lowest BCUT2D eigenvalue weighted by atomic mass is 9.85. The third-order valence-corrected chi connectivity index (χ3v) is 7.77. The van der Waals surface area contributed by atoms with E-state index < -0.39 is 15.4 Å². The number of nitrogens with one attached hydrogen (secondary N) is 1. The number of amides is 2. The van der Waals surface area contributed by atoms with E-state index in [1.807, 2.05) is 11.8 Å². The zero-order valence-corrected chi connectivity index (χ0v) is 15.9. The van der Waals surface area contributed by atoms with Crippen LogP contribution in [0.15, 0.2) is 21.7 Å². The summed E-state index contributed by atoms with van der Waals surface area (Å²) in [6.45, 7) is 4.18. The molecule has 0 aromatic carbocycles. The Morgan fingerprint density at radius 2 is 2.12 bits per heavy atom. The van der Waals surface area contributed by atoms with Crippen molar-refractivity contribution in [3.05, 3.63) is 17.5 Å². The summed E-state index contributed by atoms with van der Waals surface area (Å²) in [4.78, 5) is 28.5. The van der Waals surface area contributed by atoms with Crippen molar-refractivity contribution in [3.63, 3.8) is 0 Å². The van der Waals surface area contributed by atoms with Crippen molar-refractivity contribution in [2.75, 3.05) is 32.7 Å². The van der Waals surface area contributed by atoms with E-state index in [0.29, 0.717) is 19.5 Å². The topological polar surface area (TPSA) is 86.8 Å². The van der Waals surface area contributed by atoms with Gasteiger partial charge in [-0.15, -0.1) is 11.3 Å². The number of likely N-dealkylation sites (tertiary alicyclic amines) is 2. The minimum Gasteiger partial charge on any atom is -0.342 e. The lowest BCUT2D eigenvalue weighted by Crippen LogP contribution is -2.42. The van der Waals surface area contributed by atoms with Crippen LogP contribution in [0, 0.1) is 5.41 Å². The van der Waals surface area contributed by atoms with Gasteiger partial charge in [-0.05, 0) is 30.7 Å². The molecule has 1 aromatic rings. The Morgan fingerprint density at radius 3 is 2.80 bits per heavy atom. The third kappa shape index (κ3) is 3.58. The molecule has 2 amide bonds. The normalized spacial score (nSPS) is 23.8. The Hall–Kier alpha value is -1.45. The zero-order chi connectivity index (χ0) is 18.1. The van der Waals surface area contributed by atoms with Crippen LogP contribution in [0.1, 0.15) is 26.2 Å². The number of carbonyl (C=O) groups excluding carboxylic acids is 2. The molecule has 0 saturated carbocycles. The Kier molecular flexibility index (Phi) is 5.17. The molecule has 1 spiro atoms. The molecule has 2 fully saturated rings. The maximum atomic E-state index is 12.6. The van der Waals surface area contributed by atoms with E-state index in [1.165, 1.54) is 6.07 Å². The number of rotatable bonds is 6. The van der Waals surface area contributed by atoms with Gasteiger partial charge in [-0.1, -0.05) is 13.0 Å². The summed E-state index contributed by atoms with van der Waals surface area (Å²) >= 11 is 1.11. The lowest BCUT2D eigenvalue weighted by Gasteiger charge is -2.23. The summed E-state index contributed by atoms with van der Waals surface area (Å²) in [7, 11) is -3.65. The summed E-state index contributed by atoms with van der Waals surface area (Å²) in [6.07, 6.45) is 2.36. The van der Waals surface area contributed by atoms with Crippen LogP contribution in [0.2, 0.25) is 0 Å². The molecule has 0 bridgehead atoms. The quantitative estimate of drug-likeness (QED) is 0.788. The second-order valence-electron chi connectivity index (χ2n) is 6.64. The zero-order valence-electron chi connectivity index (χ0n) is 14.2. The SMILES string of the molecule is CCCN1CCC2(CCN(C(=O)CNS(=O)(=O)c3cccs3)C2)C1=O. The summed E-state index contributed by atoms with van der Waals surface area (Å²) in [5, 5.41) is 1.67. The van der Waals surface area contributed by atoms with Crippen LogP contribution in [0.3, 0.4) is 0 Å². The monoisotopic (exact) mass is 385 g/mol. The van der Waals surface area contributed by atoms with Gasteiger partial charge >= 0.3 is 0 Å². The highest BCUT2D eigenvalue weighted by molar-refractivity contribution is 7.91. The van der Waals surface area contributed by atoms with Crippen molar-refractivity contribution >= 4 is 33.2 Å². The molecule has 1 N–H and O–H groups in total. The molecule has 2 saturated heterocycles. The number of thiophene rings is 1. The summed E-state index contributed by atoms with van der Waals surface area (Å²) in [5.41, 5.74) is -0.461. The van der Waals surface area contributed by atoms with Crippen LogP contribution in [-0.2, 0) is 19.6 Å². The summed E-state index contributed by atoms with van der Waals surface area (Å²) < 4.78 is 26.7. The molecule has 7 nitrogen and oxygen atoms in total. The fourth-order valence-corrected chi connectivity index (χ4v) is 5.61. The first-order valence-corrected chi connectivity index (χ1v) is 10.8. The first-order chi connectivity index (χ1) is 11.9. The van der Waals surface area contributed by atoms with Gasteiger partial charge in [0, 0.05) is 26.2 Å². The van der Waals surface area contributed by atoms with E-state index in [9.17, 15) is 18.0 Å². The molecule has 1 unspecified atom stereocenters. The van der Waals surface area contributed by atoms with E-state index in [4.69, 9.17) is 0 Å². The van der Waals surface area contributed by atoms with Crippen molar-refractivity contribution in [2.45, 2.75) is 30.4 Å². The number of hydrogen-bond acceptors (Lipinski definition) is 5. The van der Waals surface area contributed by atoms with Crippen LogP contribution in [0.5, 0.6) is 0 Å². The largest absolute Gasteiger partial charge is 0.342 e. The highest BCUT2D eigenvalue weighted by atomic mass is 32.2. The van der Waals surface area contributed by atoms with Crippen LogP contribution in [-0.4, -0.2) is 62.8 Å². The molecule has 2 aliphatic heterocycles. The average Bonchev–Trinajstić information content (AvgIpc) is 3.31. The minimum absolute atomic E-state index is 0.142. The van der Waals surface area contributed by atoms with Crippen LogP contribution in [0.25, 0.3) is 0 Å². The van der Waals surface area contributed by atoms with Gasteiger partial charge in [0.25, 0.3) is 10.0 Å². The van der Waals surface area contributed by atoms with Crippen molar-refractivity contribution in [1.82, 2.24) is 14.5 Å². The standard InChI is InChI=1S/C16H23N3O4S2/c1-2-7-18-8-5-16(15(18)21)6-9-19(12-16)13(20)11-17-25(22,23)14-4-3-10-24-14/h3-4,10,17H,2,5-9,11-12H2,1H3. The van der Waals surface area contributed by atoms with Gasteiger partial charge in [0.15, 0.2) is 0 Å². The predicted octanol–water partition coefficient (Wildman–Crippen LogP) is 0.887. The smallest absolute Gasteiger partial charge is 0.250 e. The van der Waals surface area contributed by atoms with Crippen molar-refractivity contribution in [1.29, 1.82) is 0 Å². The fourth-order valence-electron chi connectivity index (χ4n) is 3.60. The molecule has 3 heterocycles. The molecule has 0 aliphatic carbocycles. The van der Waals surface area contributed by atoms with E-state index in [0.717, 1.165) is 37.3 Å². The molecule has 138 valence electrons. The lowest BCUT2D eigenvalue weighted by molar-refractivity contribution is -0.136. The molecule has 3 rings (SSSR count). The molecule has 1 aromatic heterocycles. The second-order valence-corrected chi connectivity index (χ2v) is 9.59. The molecule has 1 atom stereocenters. The second kappa shape index (κ2) is 7.05. The molecule has 0 radical (unpaired) electrons.